The van der Waals surface area contributed by atoms with Gasteiger partial charge in [0.15, 0.2) is 12.3 Å². The summed E-state index contributed by atoms with van der Waals surface area (Å²) in [5.74, 6) is -0.605. The van der Waals surface area contributed by atoms with Crippen LogP contribution in [-0.4, -0.2) is 106 Å². The lowest BCUT2D eigenvalue weighted by Crippen LogP contribution is -2.63. The summed E-state index contributed by atoms with van der Waals surface area (Å²) in [6.45, 7) is 5.39. The van der Waals surface area contributed by atoms with Crippen LogP contribution in [0.5, 0.6) is 0 Å². The van der Waals surface area contributed by atoms with Gasteiger partial charge in [-0.1, -0.05) is 12.1 Å². The predicted octanol–water partition coefficient (Wildman–Crippen LogP) is 0.726. The molecule has 2 fully saturated rings. The van der Waals surface area contributed by atoms with Crippen molar-refractivity contribution in [1.29, 1.82) is 0 Å². The van der Waals surface area contributed by atoms with E-state index >= 15 is 0 Å². The van der Waals surface area contributed by atoms with Crippen molar-refractivity contribution in [3.05, 3.63) is 40.8 Å². The highest BCUT2D eigenvalue weighted by Gasteiger charge is 2.50. The molecule has 0 spiro atoms. The smallest absolute Gasteiger partial charge is 0.335 e. The molecule has 2 saturated heterocycles. The zero-order chi connectivity index (χ0) is 24.1. The van der Waals surface area contributed by atoms with Crippen molar-refractivity contribution in [1.82, 2.24) is 9.80 Å². The largest absolute Gasteiger partial charge is 0.479 e. The van der Waals surface area contributed by atoms with Crippen LogP contribution in [0.15, 0.2) is 35.3 Å². The van der Waals surface area contributed by atoms with Gasteiger partial charge in [-0.15, -0.1) is 11.3 Å². The molecule has 4 N–H and O–H groups in total. The van der Waals surface area contributed by atoms with Crippen molar-refractivity contribution < 1.29 is 30.0 Å². The molecule has 3 aliphatic rings. The molecular formula is C23H28N4O6S. The maximum Gasteiger partial charge on any atom is 0.335 e. The van der Waals surface area contributed by atoms with Gasteiger partial charge in [0.25, 0.3) is 0 Å². The summed E-state index contributed by atoms with van der Waals surface area (Å²) >= 11 is 1.48. The molecule has 0 saturated carbocycles. The van der Waals surface area contributed by atoms with Crippen molar-refractivity contribution in [3.8, 4) is 0 Å². The summed E-state index contributed by atoms with van der Waals surface area (Å²) in [7, 11) is 2.09. The number of fused-ring (bicyclic) bond motifs is 2. The lowest BCUT2D eigenvalue weighted by Gasteiger charge is -2.44. The molecular weight excluding hydrogens is 460 g/mol. The fourth-order valence-electron chi connectivity index (χ4n) is 4.68. The summed E-state index contributed by atoms with van der Waals surface area (Å²) in [4.78, 5) is 24.0. The third-order valence-electron chi connectivity index (χ3n) is 6.55. The van der Waals surface area contributed by atoms with Crippen LogP contribution in [0.1, 0.15) is 10.4 Å². The molecule has 4 heterocycles. The van der Waals surface area contributed by atoms with Crippen LogP contribution in [-0.2, 0) is 9.53 Å². The number of aryl methyl sites for hydroxylation is 1. The molecule has 182 valence electrons. The number of carbonyl (C=O) groups is 1. The van der Waals surface area contributed by atoms with Gasteiger partial charge in [-0.05, 0) is 32.2 Å². The number of aliphatic carboxylic acids is 1. The Hall–Kier alpha value is -2.54. The molecule has 0 radical (unpaired) electrons. The van der Waals surface area contributed by atoms with Gasteiger partial charge in [0, 0.05) is 31.1 Å². The number of rotatable bonds is 2. The highest BCUT2D eigenvalue weighted by molar-refractivity contribution is 7.16. The number of aliphatic imine (C=N–C) groups is 1. The van der Waals surface area contributed by atoms with Gasteiger partial charge >= 0.3 is 5.97 Å². The van der Waals surface area contributed by atoms with E-state index < -0.39 is 36.6 Å². The van der Waals surface area contributed by atoms with Crippen LogP contribution in [0, 0.1) is 6.92 Å². The van der Waals surface area contributed by atoms with Gasteiger partial charge in [-0.2, -0.15) is 0 Å². The fraction of sp³-hybridized carbons (Fsp3) is 0.478. The highest BCUT2D eigenvalue weighted by Crippen LogP contribution is 2.47. The normalized spacial score (nSPS) is 29.8. The minimum atomic E-state index is -1.76. The minimum absolute atomic E-state index is 0.617. The van der Waals surface area contributed by atoms with Crippen LogP contribution in [0.3, 0.4) is 0 Å². The van der Waals surface area contributed by atoms with Gasteiger partial charge in [0.05, 0.1) is 16.9 Å². The standard InChI is InChI=1S/C23H28N4O6S/c1-12-11-13-20(26-9-7-25(2)8-10-26)24-14-5-3-4-6-15(14)27(22(13)34-12)21-18(30)16(28)17(29)19(33-21)23(31)32/h3-6,11,16-19,21,28-30H,7-10H2,1-2H3,(H,31,32)/t16-,17+,18+,19-,21+/m0/s1. The van der Waals surface area contributed by atoms with E-state index in [1.807, 2.05) is 37.3 Å². The first-order valence-corrected chi connectivity index (χ1v) is 12.0. The quantitative estimate of drug-likeness (QED) is 0.483. The lowest BCUT2D eigenvalue weighted by atomic mass is 9.97. The van der Waals surface area contributed by atoms with E-state index in [-0.39, 0.29) is 0 Å². The highest BCUT2D eigenvalue weighted by atomic mass is 32.1. The summed E-state index contributed by atoms with van der Waals surface area (Å²) in [6, 6.07) is 9.41. The summed E-state index contributed by atoms with van der Waals surface area (Å²) in [5, 5.41) is 42.0. The van der Waals surface area contributed by atoms with Gasteiger partial charge in [-0.25, -0.2) is 9.79 Å². The second-order valence-corrected chi connectivity index (χ2v) is 10.2. The minimum Gasteiger partial charge on any atom is -0.479 e. The van der Waals surface area contributed by atoms with E-state index in [0.717, 1.165) is 47.5 Å². The Balaban J connectivity index is 1.65. The number of aliphatic hydroxyl groups excluding tert-OH is 3. The average Bonchev–Trinajstić information content (AvgIpc) is 3.13. The average molecular weight is 489 g/mol. The van der Waals surface area contributed by atoms with Gasteiger partial charge in [-0.3, -0.25) is 0 Å². The van der Waals surface area contributed by atoms with Crippen LogP contribution >= 0.6 is 11.3 Å². The monoisotopic (exact) mass is 488 g/mol. The maximum absolute atomic E-state index is 11.8. The van der Waals surface area contributed by atoms with E-state index in [1.165, 1.54) is 11.3 Å². The van der Waals surface area contributed by atoms with E-state index in [2.05, 4.69) is 16.8 Å². The molecule has 2 aromatic rings. The molecule has 10 nitrogen and oxygen atoms in total. The number of para-hydroxylation sites is 2. The molecule has 0 bridgehead atoms. The molecule has 0 amide bonds. The number of ether oxygens (including phenoxy) is 1. The first kappa shape index (κ1) is 23.2. The number of anilines is 2. The Labute approximate surface area is 200 Å². The van der Waals surface area contributed by atoms with Crippen LogP contribution in [0.2, 0.25) is 0 Å². The van der Waals surface area contributed by atoms with Gasteiger partial charge in [0.2, 0.25) is 0 Å². The second kappa shape index (κ2) is 8.91. The van der Waals surface area contributed by atoms with E-state index in [9.17, 15) is 25.2 Å². The van der Waals surface area contributed by atoms with Crippen LogP contribution in [0.4, 0.5) is 16.4 Å². The number of carboxylic acid groups (broad SMARTS) is 1. The zero-order valence-corrected chi connectivity index (χ0v) is 19.7. The van der Waals surface area contributed by atoms with E-state index in [4.69, 9.17) is 9.73 Å². The molecule has 0 unspecified atom stereocenters. The van der Waals surface area contributed by atoms with Crippen molar-refractivity contribution >= 4 is 39.5 Å². The Bertz CT molecular complexity index is 1110. The number of hydrogen-bond acceptors (Lipinski definition) is 10. The van der Waals surface area contributed by atoms with Crippen molar-refractivity contribution in [3.63, 3.8) is 0 Å². The number of likely N-dealkylation sites (N-methyl/N-ethyl adjacent to an activating group) is 1. The van der Waals surface area contributed by atoms with Crippen LogP contribution in [0.25, 0.3) is 0 Å². The molecule has 11 heteroatoms. The molecule has 5 atom stereocenters. The molecule has 3 aliphatic heterocycles. The number of nitrogens with zero attached hydrogens (tertiary/aromatic N) is 4. The summed E-state index contributed by atoms with van der Waals surface area (Å²) in [6.07, 6.45) is -7.95. The van der Waals surface area contributed by atoms with Crippen molar-refractivity contribution in [2.24, 2.45) is 4.99 Å². The third kappa shape index (κ3) is 3.88. The fourth-order valence-corrected chi connectivity index (χ4v) is 5.72. The second-order valence-electron chi connectivity index (χ2n) is 8.92. The van der Waals surface area contributed by atoms with Gasteiger partial charge in [0.1, 0.15) is 29.1 Å². The number of benzene rings is 1. The predicted molar refractivity (Wildman–Crippen MR) is 127 cm³/mol. The van der Waals surface area contributed by atoms with Crippen LogP contribution < -0.4 is 4.90 Å². The van der Waals surface area contributed by atoms with E-state index in [1.54, 1.807) is 4.90 Å². The van der Waals surface area contributed by atoms with Gasteiger partial charge < -0.3 is 39.9 Å². The Morgan fingerprint density at radius 1 is 1.09 bits per heavy atom. The first-order valence-electron chi connectivity index (χ1n) is 11.2. The zero-order valence-electron chi connectivity index (χ0n) is 18.9. The molecule has 1 aromatic heterocycles. The third-order valence-corrected chi connectivity index (χ3v) is 7.60. The Morgan fingerprint density at radius 3 is 2.50 bits per heavy atom. The Kier molecular flexibility index (Phi) is 6.09. The first-order chi connectivity index (χ1) is 16.3. The number of aliphatic hydroxyl groups is 3. The Morgan fingerprint density at radius 2 is 1.79 bits per heavy atom. The molecule has 34 heavy (non-hydrogen) atoms. The summed E-state index contributed by atoms with van der Waals surface area (Å²) < 4.78 is 5.76. The lowest BCUT2D eigenvalue weighted by molar-refractivity contribution is -0.225. The van der Waals surface area contributed by atoms with E-state index in [0.29, 0.717) is 11.4 Å². The SMILES string of the molecule is Cc1cc2c(s1)N([C@@H]1O[C@H](C(=O)O)[C@H](O)[C@H](O)[C@H]1O)c1ccccc1N=C2N1CCN(C)CC1. The number of piperazine rings is 1. The topological polar surface area (TPSA) is 129 Å². The number of thiophene rings is 1. The van der Waals surface area contributed by atoms with Crippen molar-refractivity contribution in [2.45, 2.75) is 37.6 Å². The number of hydrogen-bond donors (Lipinski definition) is 4. The molecule has 1 aromatic carbocycles. The summed E-state index contributed by atoms with van der Waals surface area (Å²) in [5.41, 5.74) is 2.11. The maximum atomic E-state index is 11.8. The number of amidine groups is 1. The number of carboxylic acids is 1. The molecule has 5 rings (SSSR count). The molecule has 0 aliphatic carbocycles. The van der Waals surface area contributed by atoms with Crippen molar-refractivity contribution in [2.75, 3.05) is 38.1 Å².